The highest BCUT2D eigenvalue weighted by molar-refractivity contribution is 5.89. The summed E-state index contributed by atoms with van der Waals surface area (Å²) in [6, 6.07) is 8.36. The van der Waals surface area contributed by atoms with Crippen LogP contribution in [-0.2, 0) is 0 Å². The normalized spacial score (nSPS) is 14.7. The molecule has 3 rings (SSSR count). The van der Waals surface area contributed by atoms with E-state index in [1.54, 1.807) is 11.1 Å². The number of hydrogen-bond donors (Lipinski definition) is 1. The predicted octanol–water partition coefficient (Wildman–Crippen LogP) is 2.71. The van der Waals surface area contributed by atoms with Crippen molar-refractivity contribution in [3.63, 3.8) is 0 Å². The molecule has 0 spiro atoms. The topological polar surface area (TPSA) is 48.5 Å². The summed E-state index contributed by atoms with van der Waals surface area (Å²) in [6.07, 6.45) is 1.73. The van der Waals surface area contributed by atoms with Gasteiger partial charge in [-0.05, 0) is 24.3 Å². The van der Waals surface area contributed by atoms with Gasteiger partial charge in [0.15, 0.2) is 0 Å². The zero-order valence-electron chi connectivity index (χ0n) is 12.4. The van der Waals surface area contributed by atoms with E-state index in [2.05, 4.69) is 15.2 Å². The number of carbonyl (C=O) groups is 1. The number of anilines is 2. The van der Waals surface area contributed by atoms with Gasteiger partial charge in [-0.1, -0.05) is 6.07 Å². The van der Waals surface area contributed by atoms with Crippen LogP contribution in [0.1, 0.15) is 0 Å². The highest BCUT2D eigenvalue weighted by Gasteiger charge is 2.22. The van der Waals surface area contributed by atoms with E-state index in [0.717, 1.165) is 18.0 Å². The quantitative estimate of drug-likeness (QED) is 0.926. The fourth-order valence-corrected chi connectivity index (χ4v) is 2.46. The van der Waals surface area contributed by atoms with Crippen molar-refractivity contribution in [3.05, 3.63) is 54.2 Å². The average Bonchev–Trinajstić information content (AvgIpc) is 2.58. The molecule has 0 aliphatic carbocycles. The number of nitrogens with zero attached hydrogens (tertiary/aromatic N) is 3. The van der Waals surface area contributed by atoms with Gasteiger partial charge >= 0.3 is 6.03 Å². The van der Waals surface area contributed by atoms with Gasteiger partial charge in [0.1, 0.15) is 17.5 Å². The van der Waals surface area contributed by atoms with Crippen LogP contribution in [0.25, 0.3) is 0 Å². The molecule has 120 valence electrons. The first-order valence-electron chi connectivity index (χ1n) is 7.30. The van der Waals surface area contributed by atoms with Crippen LogP contribution in [0.15, 0.2) is 42.6 Å². The van der Waals surface area contributed by atoms with Gasteiger partial charge in [0.05, 0.1) is 5.69 Å². The lowest BCUT2D eigenvalue weighted by molar-refractivity contribution is 0.208. The number of hydrogen-bond acceptors (Lipinski definition) is 3. The summed E-state index contributed by atoms with van der Waals surface area (Å²) >= 11 is 0. The maximum absolute atomic E-state index is 13.6. The van der Waals surface area contributed by atoms with Gasteiger partial charge in [0.2, 0.25) is 0 Å². The summed E-state index contributed by atoms with van der Waals surface area (Å²) < 4.78 is 26.4. The number of aromatic nitrogens is 1. The second kappa shape index (κ2) is 6.60. The lowest BCUT2D eigenvalue weighted by Crippen LogP contribution is -2.50. The molecular formula is C16H16F2N4O. The minimum atomic E-state index is -0.787. The minimum absolute atomic E-state index is 0.0245. The van der Waals surface area contributed by atoms with Crippen LogP contribution in [0.4, 0.5) is 25.1 Å². The Morgan fingerprint density at radius 2 is 1.87 bits per heavy atom. The summed E-state index contributed by atoms with van der Waals surface area (Å²) in [5.74, 6) is -0.591. The fourth-order valence-electron chi connectivity index (χ4n) is 2.46. The number of amides is 2. The summed E-state index contributed by atoms with van der Waals surface area (Å²) in [5, 5.41) is 2.47. The maximum atomic E-state index is 13.6. The van der Waals surface area contributed by atoms with Gasteiger partial charge in [-0.3, -0.25) is 0 Å². The van der Waals surface area contributed by atoms with E-state index in [-0.39, 0.29) is 5.69 Å². The Balaban J connectivity index is 1.58. The first kappa shape index (κ1) is 15.2. The van der Waals surface area contributed by atoms with E-state index in [9.17, 15) is 13.6 Å². The molecule has 1 aromatic carbocycles. The number of benzene rings is 1. The fraction of sp³-hybridized carbons (Fsp3) is 0.250. The standard InChI is InChI=1S/C16H16F2N4O/c17-12-4-5-14(13(18)11-12)20-16(23)22-9-7-21(8-10-22)15-3-1-2-6-19-15/h1-6,11H,7-10H2,(H,20,23). The predicted molar refractivity (Wildman–Crippen MR) is 83.4 cm³/mol. The van der Waals surface area contributed by atoms with Crippen molar-refractivity contribution in [1.82, 2.24) is 9.88 Å². The van der Waals surface area contributed by atoms with Crippen molar-refractivity contribution >= 4 is 17.5 Å². The molecule has 0 atom stereocenters. The SMILES string of the molecule is O=C(Nc1ccc(F)cc1F)N1CCN(c2ccccn2)CC1. The number of rotatable bonds is 2. The van der Waals surface area contributed by atoms with Crippen molar-refractivity contribution in [2.24, 2.45) is 0 Å². The second-order valence-corrected chi connectivity index (χ2v) is 5.22. The molecule has 1 saturated heterocycles. The largest absolute Gasteiger partial charge is 0.353 e. The number of carbonyl (C=O) groups excluding carboxylic acids is 1. The van der Waals surface area contributed by atoms with E-state index in [0.29, 0.717) is 26.2 Å². The van der Waals surface area contributed by atoms with Gasteiger partial charge in [-0.25, -0.2) is 18.6 Å². The van der Waals surface area contributed by atoms with Crippen molar-refractivity contribution in [3.8, 4) is 0 Å². The minimum Gasteiger partial charge on any atom is -0.353 e. The van der Waals surface area contributed by atoms with Crippen LogP contribution in [0.5, 0.6) is 0 Å². The van der Waals surface area contributed by atoms with Crippen LogP contribution >= 0.6 is 0 Å². The summed E-state index contributed by atoms with van der Waals surface area (Å²) in [6.45, 7) is 2.31. The number of piperazine rings is 1. The Bertz CT molecular complexity index is 688. The Kier molecular flexibility index (Phi) is 4.36. The van der Waals surface area contributed by atoms with Crippen molar-refractivity contribution < 1.29 is 13.6 Å². The highest BCUT2D eigenvalue weighted by atomic mass is 19.1. The number of pyridine rings is 1. The zero-order valence-corrected chi connectivity index (χ0v) is 12.4. The van der Waals surface area contributed by atoms with Crippen LogP contribution < -0.4 is 10.2 Å². The molecule has 1 fully saturated rings. The lowest BCUT2D eigenvalue weighted by atomic mass is 10.3. The van der Waals surface area contributed by atoms with Crippen molar-refractivity contribution in [2.45, 2.75) is 0 Å². The van der Waals surface area contributed by atoms with Crippen LogP contribution in [0, 0.1) is 11.6 Å². The summed E-state index contributed by atoms with van der Waals surface area (Å²) in [7, 11) is 0. The molecule has 0 unspecified atom stereocenters. The molecule has 1 aromatic heterocycles. The molecule has 1 aliphatic heterocycles. The molecular weight excluding hydrogens is 302 g/mol. The van der Waals surface area contributed by atoms with Gasteiger partial charge in [-0.2, -0.15) is 0 Å². The third kappa shape index (κ3) is 3.56. The van der Waals surface area contributed by atoms with E-state index < -0.39 is 17.7 Å². The molecule has 5 nitrogen and oxygen atoms in total. The average molecular weight is 318 g/mol. The second-order valence-electron chi connectivity index (χ2n) is 5.22. The molecule has 23 heavy (non-hydrogen) atoms. The van der Waals surface area contributed by atoms with Crippen molar-refractivity contribution in [2.75, 3.05) is 36.4 Å². The molecule has 0 saturated carbocycles. The first-order chi connectivity index (χ1) is 11.1. The van der Waals surface area contributed by atoms with E-state index in [1.165, 1.54) is 6.07 Å². The van der Waals surface area contributed by atoms with Gasteiger partial charge in [0.25, 0.3) is 0 Å². The molecule has 7 heteroatoms. The van der Waals surface area contributed by atoms with E-state index in [1.807, 2.05) is 18.2 Å². The van der Waals surface area contributed by atoms with Gasteiger partial charge in [0, 0.05) is 38.4 Å². The molecule has 2 aromatic rings. The highest BCUT2D eigenvalue weighted by Crippen LogP contribution is 2.17. The Labute approximate surface area is 132 Å². The molecule has 0 radical (unpaired) electrons. The molecule has 2 amide bonds. The molecule has 1 N–H and O–H groups in total. The van der Waals surface area contributed by atoms with Crippen LogP contribution in [-0.4, -0.2) is 42.1 Å². The third-order valence-electron chi connectivity index (χ3n) is 3.71. The number of nitrogens with one attached hydrogen (secondary N) is 1. The Hall–Kier alpha value is -2.70. The molecule has 0 bridgehead atoms. The summed E-state index contributed by atoms with van der Waals surface area (Å²) in [4.78, 5) is 20.1. The van der Waals surface area contributed by atoms with E-state index >= 15 is 0 Å². The van der Waals surface area contributed by atoms with E-state index in [4.69, 9.17) is 0 Å². The first-order valence-corrected chi connectivity index (χ1v) is 7.30. The van der Waals surface area contributed by atoms with Crippen LogP contribution in [0.3, 0.4) is 0 Å². The number of urea groups is 1. The van der Waals surface area contributed by atoms with Gasteiger partial charge < -0.3 is 15.1 Å². The molecule has 1 aliphatic rings. The van der Waals surface area contributed by atoms with Crippen molar-refractivity contribution in [1.29, 1.82) is 0 Å². The van der Waals surface area contributed by atoms with Crippen LogP contribution in [0.2, 0.25) is 0 Å². The lowest BCUT2D eigenvalue weighted by Gasteiger charge is -2.35. The molecule has 2 heterocycles. The third-order valence-corrected chi connectivity index (χ3v) is 3.71. The zero-order chi connectivity index (χ0) is 16.2. The summed E-state index contributed by atoms with van der Waals surface area (Å²) in [5.41, 5.74) is -0.0245. The van der Waals surface area contributed by atoms with Gasteiger partial charge in [-0.15, -0.1) is 0 Å². The smallest absolute Gasteiger partial charge is 0.322 e. The Morgan fingerprint density at radius 1 is 1.09 bits per heavy atom. The maximum Gasteiger partial charge on any atom is 0.322 e. The monoisotopic (exact) mass is 318 g/mol. The number of halogens is 2. The Morgan fingerprint density at radius 3 is 2.52 bits per heavy atom.